The van der Waals surface area contributed by atoms with E-state index in [9.17, 15) is 9.59 Å². The van der Waals surface area contributed by atoms with Gasteiger partial charge in [-0.3, -0.25) is 4.79 Å². The van der Waals surface area contributed by atoms with E-state index >= 15 is 0 Å². The van der Waals surface area contributed by atoms with Crippen LogP contribution in [0.4, 0.5) is 0 Å². The topological polar surface area (TPSA) is 75.6 Å². The van der Waals surface area contributed by atoms with Crippen molar-refractivity contribution in [3.63, 3.8) is 0 Å². The summed E-state index contributed by atoms with van der Waals surface area (Å²) in [7, 11) is 1.55. The zero-order valence-corrected chi connectivity index (χ0v) is 11.0. The molecule has 1 saturated carbocycles. The van der Waals surface area contributed by atoms with Gasteiger partial charge in [-0.1, -0.05) is 17.7 Å². The van der Waals surface area contributed by atoms with Gasteiger partial charge in [0.1, 0.15) is 11.3 Å². The molecule has 1 fully saturated rings. The van der Waals surface area contributed by atoms with Crippen molar-refractivity contribution in [2.75, 3.05) is 7.11 Å². The molecule has 5 heteroatoms. The largest absolute Gasteiger partial charge is 0.496 e. The number of carboxylic acids is 1. The van der Waals surface area contributed by atoms with Crippen molar-refractivity contribution in [3.8, 4) is 5.75 Å². The normalized spacial score (nSPS) is 15.7. The average molecular weight is 263 g/mol. The average Bonchev–Trinajstić information content (AvgIpc) is 3.10. The van der Waals surface area contributed by atoms with Gasteiger partial charge >= 0.3 is 5.97 Å². The van der Waals surface area contributed by atoms with Gasteiger partial charge in [0.2, 0.25) is 5.91 Å². The molecule has 1 aliphatic rings. The number of ether oxygens (including phenoxy) is 1. The summed E-state index contributed by atoms with van der Waals surface area (Å²) in [6.45, 7) is 1.93. The third kappa shape index (κ3) is 2.86. The zero-order valence-electron chi connectivity index (χ0n) is 11.0. The second kappa shape index (κ2) is 4.91. The number of hydrogen-bond donors (Lipinski definition) is 2. The van der Waals surface area contributed by atoms with E-state index in [2.05, 4.69) is 5.32 Å². The first-order valence-electron chi connectivity index (χ1n) is 6.15. The number of carboxylic acid groups (broad SMARTS) is 1. The minimum atomic E-state index is -1.03. The maximum atomic E-state index is 11.9. The third-order valence-electron chi connectivity index (χ3n) is 3.32. The molecule has 1 amide bonds. The lowest BCUT2D eigenvalue weighted by molar-refractivity contribution is -0.143. The van der Waals surface area contributed by atoms with Crippen LogP contribution in [0.2, 0.25) is 0 Å². The minimum absolute atomic E-state index is 0.125. The Morgan fingerprint density at radius 2 is 2.11 bits per heavy atom. The van der Waals surface area contributed by atoms with Crippen LogP contribution >= 0.6 is 0 Å². The number of amides is 1. The highest BCUT2D eigenvalue weighted by molar-refractivity contribution is 5.90. The smallest absolute Gasteiger partial charge is 0.329 e. The van der Waals surface area contributed by atoms with Crippen LogP contribution in [0.3, 0.4) is 0 Å². The summed E-state index contributed by atoms with van der Waals surface area (Å²) in [5.41, 5.74) is 0.762. The molecule has 0 atom stereocenters. The molecular weight excluding hydrogens is 246 g/mol. The summed E-state index contributed by atoms with van der Waals surface area (Å²) in [5, 5.41) is 11.6. The van der Waals surface area contributed by atoms with Gasteiger partial charge in [-0.15, -0.1) is 0 Å². The molecule has 1 aromatic carbocycles. The lowest BCUT2D eigenvalue weighted by atomic mass is 10.1. The van der Waals surface area contributed by atoms with Gasteiger partial charge in [-0.2, -0.15) is 0 Å². The predicted octanol–water partition coefficient (Wildman–Crippen LogP) is 1.28. The van der Waals surface area contributed by atoms with Crippen molar-refractivity contribution in [2.45, 2.75) is 31.7 Å². The van der Waals surface area contributed by atoms with E-state index in [-0.39, 0.29) is 12.3 Å². The van der Waals surface area contributed by atoms with E-state index in [1.165, 1.54) is 0 Å². The predicted molar refractivity (Wildman–Crippen MR) is 69.2 cm³/mol. The fourth-order valence-electron chi connectivity index (χ4n) is 2.05. The van der Waals surface area contributed by atoms with Gasteiger partial charge in [-0.05, 0) is 25.8 Å². The lowest BCUT2D eigenvalue weighted by Gasteiger charge is -2.14. The summed E-state index contributed by atoms with van der Waals surface area (Å²) in [6, 6.07) is 5.58. The third-order valence-corrected chi connectivity index (χ3v) is 3.32. The highest BCUT2D eigenvalue weighted by Gasteiger charge is 2.51. The van der Waals surface area contributed by atoms with Crippen molar-refractivity contribution in [1.29, 1.82) is 0 Å². The molecule has 0 radical (unpaired) electrons. The molecule has 0 bridgehead atoms. The first-order valence-corrected chi connectivity index (χ1v) is 6.15. The molecule has 0 unspecified atom stereocenters. The second-order valence-electron chi connectivity index (χ2n) is 4.93. The van der Waals surface area contributed by atoms with Gasteiger partial charge in [0.05, 0.1) is 13.5 Å². The van der Waals surface area contributed by atoms with Crippen LogP contribution in [-0.4, -0.2) is 29.6 Å². The van der Waals surface area contributed by atoms with Crippen molar-refractivity contribution in [2.24, 2.45) is 0 Å². The van der Waals surface area contributed by atoms with Crippen LogP contribution in [0.1, 0.15) is 24.0 Å². The van der Waals surface area contributed by atoms with Crippen LogP contribution in [-0.2, 0) is 16.0 Å². The van der Waals surface area contributed by atoms with Crippen LogP contribution in [0.25, 0.3) is 0 Å². The molecule has 0 heterocycles. The quantitative estimate of drug-likeness (QED) is 0.839. The maximum absolute atomic E-state index is 11.9. The van der Waals surface area contributed by atoms with E-state index in [1.54, 1.807) is 7.11 Å². The van der Waals surface area contributed by atoms with Crippen molar-refractivity contribution >= 4 is 11.9 Å². The molecule has 2 rings (SSSR count). The number of benzene rings is 1. The summed E-state index contributed by atoms with van der Waals surface area (Å²) in [4.78, 5) is 22.9. The molecule has 1 aliphatic carbocycles. The lowest BCUT2D eigenvalue weighted by Crippen LogP contribution is -2.43. The van der Waals surface area contributed by atoms with Crippen LogP contribution in [0.5, 0.6) is 5.75 Å². The number of carbonyl (C=O) groups is 2. The number of hydrogen-bond acceptors (Lipinski definition) is 3. The van der Waals surface area contributed by atoms with Crippen LogP contribution in [0.15, 0.2) is 18.2 Å². The SMILES string of the molecule is COc1ccc(C)cc1CC(=O)NC1(C(=O)O)CC1. The molecule has 0 aromatic heterocycles. The molecule has 0 saturated heterocycles. The van der Waals surface area contributed by atoms with E-state index in [0.717, 1.165) is 11.1 Å². The van der Waals surface area contributed by atoms with Crippen LogP contribution < -0.4 is 10.1 Å². The molecule has 0 aliphatic heterocycles. The summed E-state index contributed by atoms with van der Waals surface area (Å²) in [5.74, 6) is -0.609. The van der Waals surface area contributed by atoms with Gasteiger partial charge in [0.15, 0.2) is 0 Å². The number of carbonyl (C=O) groups excluding carboxylic acids is 1. The Morgan fingerprint density at radius 1 is 1.42 bits per heavy atom. The number of nitrogens with one attached hydrogen (secondary N) is 1. The fourth-order valence-corrected chi connectivity index (χ4v) is 2.05. The molecule has 102 valence electrons. The van der Waals surface area contributed by atoms with Crippen molar-refractivity contribution < 1.29 is 19.4 Å². The highest BCUT2D eigenvalue weighted by Crippen LogP contribution is 2.35. The Morgan fingerprint density at radius 3 is 2.63 bits per heavy atom. The summed E-state index contributed by atoms with van der Waals surface area (Å²) < 4.78 is 5.20. The fraction of sp³-hybridized carbons (Fsp3) is 0.429. The van der Waals surface area contributed by atoms with Crippen molar-refractivity contribution in [3.05, 3.63) is 29.3 Å². The Kier molecular flexibility index (Phi) is 3.46. The van der Waals surface area contributed by atoms with Gasteiger partial charge in [-0.25, -0.2) is 4.79 Å². The monoisotopic (exact) mass is 263 g/mol. The van der Waals surface area contributed by atoms with E-state index < -0.39 is 11.5 Å². The Labute approximate surface area is 111 Å². The first-order chi connectivity index (χ1) is 8.97. The maximum Gasteiger partial charge on any atom is 0.329 e. The van der Waals surface area contributed by atoms with Gasteiger partial charge in [0, 0.05) is 5.56 Å². The van der Waals surface area contributed by atoms with Crippen molar-refractivity contribution in [1.82, 2.24) is 5.32 Å². The molecule has 1 aromatic rings. The Bertz CT molecular complexity index is 520. The molecular formula is C14H17NO4. The molecule has 0 spiro atoms. The number of methoxy groups -OCH3 is 1. The highest BCUT2D eigenvalue weighted by atomic mass is 16.5. The number of aliphatic carboxylic acids is 1. The first kappa shape index (κ1) is 13.4. The molecule has 2 N–H and O–H groups in total. The Hall–Kier alpha value is -2.04. The van der Waals surface area contributed by atoms with E-state index in [0.29, 0.717) is 18.6 Å². The van der Waals surface area contributed by atoms with E-state index in [1.807, 2.05) is 25.1 Å². The molecule has 19 heavy (non-hydrogen) atoms. The minimum Gasteiger partial charge on any atom is -0.496 e. The van der Waals surface area contributed by atoms with Gasteiger partial charge < -0.3 is 15.2 Å². The number of aryl methyl sites for hydroxylation is 1. The summed E-state index contributed by atoms with van der Waals surface area (Å²) in [6.07, 6.45) is 1.12. The van der Waals surface area contributed by atoms with Crippen LogP contribution in [0, 0.1) is 6.92 Å². The summed E-state index contributed by atoms with van der Waals surface area (Å²) >= 11 is 0. The van der Waals surface area contributed by atoms with E-state index in [4.69, 9.17) is 9.84 Å². The zero-order chi connectivity index (χ0) is 14.0. The van der Waals surface area contributed by atoms with Gasteiger partial charge in [0.25, 0.3) is 0 Å². The second-order valence-corrected chi connectivity index (χ2v) is 4.93. The Balaban J connectivity index is 2.07. The standard InChI is InChI=1S/C14H17NO4/c1-9-3-4-11(19-2)10(7-9)8-12(16)15-14(5-6-14)13(17)18/h3-4,7H,5-6,8H2,1-2H3,(H,15,16)(H,17,18). The number of rotatable bonds is 5. The molecule has 5 nitrogen and oxygen atoms in total.